The lowest BCUT2D eigenvalue weighted by molar-refractivity contribution is 0.0981. The summed E-state index contributed by atoms with van der Waals surface area (Å²) in [5.74, 6) is 1.96. The molecule has 5 rings (SSSR count). The van der Waals surface area contributed by atoms with E-state index in [2.05, 4.69) is 56.4 Å². The Bertz CT molecular complexity index is 1030. The quantitative estimate of drug-likeness (QED) is 0.523. The third kappa shape index (κ3) is 3.03. The van der Waals surface area contributed by atoms with Crippen LogP contribution in [0.2, 0.25) is 0 Å². The maximum absolute atomic E-state index is 9.17. The van der Waals surface area contributed by atoms with E-state index in [1.807, 2.05) is 18.2 Å². The molecular formula is C25H27NO3. The first-order valence-electron chi connectivity index (χ1n) is 10.3. The Hall–Kier alpha value is -2.72. The Morgan fingerprint density at radius 1 is 1.14 bits per heavy atom. The SMILES string of the molecule is CC1=CC(C)(C)Nc2ccc3c(c21)[C@H](C1CC=CC1)Oc1ccc(OCO)cc1-3. The van der Waals surface area contributed by atoms with E-state index in [0.29, 0.717) is 11.7 Å². The van der Waals surface area contributed by atoms with Gasteiger partial charge in [0.2, 0.25) is 0 Å². The molecule has 0 saturated heterocycles. The summed E-state index contributed by atoms with van der Waals surface area (Å²) >= 11 is 0. The Balaban J connectivity index is 1.73. The first kappa shape index (κ1) is 18.3. The maximum Gasteiger partial charge on any atom is 0.186 e. The van der Waals surface area contributed by atoms with E-state index in [0.717, 1.165) is 24.2 Å². The summed E-state index contributed by atoms with van der Waals surface area (Å²) in [5, 5.41) is 12.8. The number of nitrogens with one attached hydrogen (secondary N) is 1. The molecule has 2 heterocycles. The highest BCUT2D eigenvalue weighted by molar-refractivity contribution is 5.90. The molecule has 29 heavy (non-hydrogen) atoms. The molecule has 150 valence electrons. The molecule has 4 nitrogen and oxygen atoms in total. The predicted octanol–water partition coefficient (Wildman–Crippen LogP) is 5.69. The van der Waals surface area contributed by atoms with Crippen molar-refractivity contribution in [2.45, 2.75) is 45.3 Å². The molecular weight excluding hydrogens is 362 g/mol. The van der Waals surface area contributed by atoms with Crippen LogP contribution in [0.25, 0.3) is 16.7 Å². The minimum Gasteiger partial charge on any atom is -0.485 e. The fraction of sp³-hybridized carbons (Fsp3) is 0.360. The van der Waals surface area contributed by atoms with Crippen LogP contribution >= 0.6 is 0 Å². The molecule has 0 amide bonds. The van der Waals surface area contributed by atoms with E-state index in [-0.39, 0.29) is 18.4 Å². The van der Waals surface area contributed by atoms with Gasteiger partial charge < -0.3 is 19.9 Å². The van der Waals surface area contributed by atoms with Gasteiger partial charge in [-0.15, -0.1) is 0 Å². The number of aliphatic hydroxyl groups is 1. The molecule has 0 unspecified atom stereocenters. The highest BCUT2D eigenvalue weighted by Crippen LogP contribution is 2.53. The molecule has 2 aromatic carbocycles. The zero-order chi connectivity index (χ0) is 20.2. The van der Waals surface area contributed by atoms with Crippen molar-refractivity contribution in [3.05, 3.63) is 59.7 Å². The van der Waals surface area contributed by atoms with Gasteiger partial charge in [0.1, 0.15) is 17.6 Å². The lowest BCUT2D eigenvalue weighted by Crippen LogP contribution is -2.33. The Morgan fingerprint density at radius 3 is 2.69 bits per heavy atom. The minimum absolute atomic E-state index is 0.0124. The molecule has 3 aliphatic rings. The summed E-state index contributed by atoms with van der Waals surface area (Å²) in [7, 11) is 0. The highest BCUT2D eigenvalue weighted by Gasteiger charge is 2.37. The number of allylic oxidation sites excluding steroid dienone is 3. The molecule has 0 radical (unpaired) electrons. The first-order chi connectivity index (χ1) is 14.0. The largest absolute Gasteiger partial charge is 0.485 e. The van der Waals surface area contributed by atoms with Crippen LogP contribution in [0.1, 0.15) is 50.8 Å². The number of hydrogen-bond acceptors (Lipinski definition) is 4. The zero-order valence-electron chi connectivity index (χ0n) is 17.2. The Morgan fingerprint density at radius 2 is 1.93 bits per heavy atom. The van der Waals surface area contributed by atoms with Crippen molar-refractivity contribution in [1.29, 1.82) is 0 Å². The molecule has 2 aliphatic heterocycles. The molecule has 0 spiro atoms. The van der Waals surface area contributed by atoms with Gasteiger partial charge in [0.05, 0.1) is 5.54 Å². The van der Waals surface area contributed by atoms with Gasteiger partial charge in [-0.25, -0.2) is 0 Å². The maximum atomic E-state index is 9.17. The van der Waals surface area contributed by atoms with E-state index in [4.69, 9.17) is 9.47 Å². The average molecular weight is 389 g/mol. The number of benzene rings is 2. The van der Waals surface area contributed by atoms with Gasteiger partial charge in [-0.05, 0) is 69.0 Å². The average Bonchev–Trinajstić information content (AvgIpc) is 3.20. The van der Waals surface area contributed by atoms with Crippen molar-refractivity contribution in [1.82, 2.24) is 0 Å². The van der Waals surface area contributed by atoms with E-state index in [9.17, 15) is 5.11 Å². The lowest BCUT2D eigenvalue weighted by Gasteiger charge is -2.38. The Kier molecular flexibility index (Phi) is 4.21. The van der Waals surface area contributed by atoms with E-state index >= 15 is 0 Å². The van der Waals surface area contributed by atoms with E-state index in [1.54, 1.807) is 0 Å². The van der Waals surface area contributed by atoms with Crippen LogP contribution in [0.4, 0.5) is 5.69 Å². The third-order valence-corrected chi connectivity index (χ3v) is 6.16. The van der Waals surface area contributed by atoms with Crippen molar-refractivity contribution in [3.63, 3.8) is 0 Å². The zero-order valence-corrected chi connectivity index (χ0v) is 17.2. The predicted molar refractivity (Wildman–Crippen MR) is 116 cm³/mol. The van der Waals surface area contributed by atoms with Crippen LogP contribution < -0.4 is 14.8 Å². The number of rotatable bonds is 3. The van der Waals surface area contributed by atoms with Crippen LogP contribution in [0.15, 0.2) is 48.6 Å². The minimum atomic E-state index is -0.339. The summed E-state index contributed by atoms with van der Waals surface area (Å²) in [6, 6.07) is 10.2. The lowest BCUT2D eigenvalue weighted by atomic mass is 9.78. The van der Waals surface area contributed by atoms with Gasteiger partial charge in [0, 0.05) is 28.3 Å². The second-order valence-electron chi connectivity index (χ2n) is 8.80. The van der Waals surface area contributed by atoms with Gasteiger partial charge in [-0.1, -0.05) is 24.3 Å². The summed E-state index contributed by atoms with van der Waals surface area (Å²) in [6.07, 6.45) is 8.92. The molecule has 1 atom stereocenters. The molecule has 4 heteroatoms. The third-order valence-electron chi connectivity index (χ3n) is 6.16. The van der Waals surface area contributed by atoms with Crippen LogP contribution in [-0.4, -0.2) is 17.4 Å². The normalized spacial score (nSPS) is 21.4. The summed E-state index contributed by atoms with van der Waals surface area (Å²) in [6.45, 7) is 6.25. The summed E-state index contributed by atoms with van der Waals surface area (Å²) in [4.78, 5) is 0. The van der Waals surface area contributed by atoms with Crippen molar-refractivity contribution < 1.29 is 14.6 Å². The fourth-order valence-corrected chi connectivity index (χ4v) is 5.08. The highest BCUT2D eigenvalue weighted by atomic mass is 16.6. The van der Waals surface area contributed by atoms with Gasteiger partial charge in [-0.2, -0.15) is 0 Å². The van der Waals surface area contributed by atoms with Crippen LogP contribution in [0.3, 0.4) is 0 Å². The number of ether oxygens (including phenoxy) is 2. The Labute approximate surface area is 171 Å². The molecule has 2 N–H and O–H groups in total. The second-order valence-corrected chi connectivity index (χ2v) is 8.80. The monoisotopic (exact) mass is 389 g/mol. The molecule has 2 aromatic rings. The van der Waals surface area contributed by atoms with Crippen molar-refractivity contribution in [3.8, 4) is 22.6 Å². The molecule has 0 aromatic heterocycles. The van der Waals surface area contributed by atoms with Crippen molar-refractivity contribution >= 4 is 11.3 Å². The second kappa shape index (κ2) is 6.67. The van der Waals surface area contributed by atoms with Gasteiger partial charge >= 0.3 is 0 Å². The van der Waals surface area contributed by atoms with Gasteiger partial charge in [-0.3, -0.25) is 0 Å². The smallest absolute Gasteiger partial charge is 0.186 e. The van der Waals surface area contributed by atoms with Crippen LogP contribution in [-0.2, 0) is 0 Å². The number of anilines is 1. The summed E-state index contributed by atoms with van der Waals surface area (Å²) in [5.41, 5.74) is 7.11. The topological polar surface area (TPSA) is 50.7 Å². The van der Waals surface area contributed by atoms with Gasteiger partial charge in [0.15, 0.2) is 6.79 Å². The summed E-state index contributed by atoms with van der Waals surface area (Å²) < 4.78 is 12.0. The standard InChI is InChI=1S/C25H27NO3/c1-15-13-25(2,3)26-20-10-9-18-19-12-17(28-14-27)8-11-21(19)29-24(23(18)22(15)20)16-6-4-5-7-16/h4-5,8-13,16,24,26-27H,6-7,14H2,1-3H3/t24-/m0/s1. The number of hydrogen-bond donors (Lipinski definition) is 2. The van der Waals surface area contributed by atoms with Crippen molar-refractivity contribution in [2.24, 2.45) is 5.92 Å². The number of fused-ring (bicyclic) bond motifs is 5. The van der Waals surface area contributed by atoms with E-state index in [1.165, 1.54) is 28.0 Å². The molecule has 0 bridgehead atoms. The molecule has 0 saturated carbocycles. The van der Waals surface area contributed by atoms with Gasteiger partial charge in [0.25, 0.3) is 0 Å². The fourth-order valence-electron chi connectivity index (χ4n) is 5.08. The van der Waals surface area contributed by atoms with Crippen LogP contribution in [0.5, 0.6) is 11.5 Å². The molecule has 1 aliphatic carbocycles. The van der Waals surface area contributed by atoms with Crippen LogP contribution in [0, 0.1) is 5.92 Å². The first-order valence-corrected chi connectivity index (χ1v) is 10.3. The number of aliphatic hydroxyl groups excluding tert-OH is 1. The van der Waals surface area contributed by atoms with E-state index < -0.39 is 0 Å². The molecule has 0 fully saturated rings. The van der Waals surface area contributed by atoms with Crippen molar-refractivity contribution in [2.75, 3.05) is 12.1 Å².